The average molecular weight is 261 g/mol. The Labute approximate surface area is 115 Å². The first-order chi connectivity index (χ1) is 8.88. The van der Waals surface area contributed by atoms with Crippen molar-refractivity contribution in [2.75, 3.05) is 31.1 Å². The topological polar surface area (TPSA) is 36.4 Å². The third-order valence-corrected chi connectivity index (χ3v) is 3.61. The van der Waals surface area contributed by atoms with Gasteiger partial charge in [-0.05, 0) is 12.1 Å². The van der Waals surface area contributed by atoms with E-state index in [0.29, 0.717) is 0 Å². The second-order valence-electron chi connectivity index (χ2n) is 6.14. The third-order valence-electron chi connectivity index (χ3n) is 3.61. The van der Waals surface area contributed by atoms with E-state index in [1.165, 1.54) is 0 Å². The molecule has 4 heteroatoms. The highest BCUT2D eigenvalue weighted by atomic mass is 16.2. The Morgan fingerprint density at radius 1 is 1.16 bits per heavy atom. The molecule has 0 N–H and O–H groups in total. The third kappa shape index (κ3) is 3.25. The maximum Gasteiger partial charge on any atom is 0.219 e. The molecule has 0 aliphatic carbocycles. The number of amides is 1. The van der Waals surface area contributed by atoms with Crippen molar-refractivity contribution in [2.24, 2.45) is 0 Å². The summed E-state index contributed by atoms with van der Waals surface area (Å²) < 4.78 is 0. The van der Waals surface area contributed by atoms with Crippen molar-refractivity contribution in [1.29, 1.82) is 0 Å². The first kappa shape index (κ1) is 13.8. The van der Waals surface area contributed by atoms with Crippen LogP contribution in [0.15, 0.2) is 18.3 Å². The van der Waals surface area contributed by atoms with Crippen molar-refractivity contribution < 1.29 is 4.79 Å². The minimum atomic E-state index is 0.0891. The molecule has 2 heterocycles. The Bertz CT molecular complexity index is 439. The fourth-order valence-corrected chi connectivity index (χ4v) is 2.30. The van der Waals surface area contributed by atoms with Crippen LogP contribution in [0.2, 0.25) is 0 Å². The lowest BCUT2D eigenvalue weighted by Gasteiger charge is -2.35. The van der Waals surface area contributed by atoms with E-state index in [1.807, 2.05) is 11.1 Å². The van der Waals surface area contributed by atoms with E-state index in [-0.39, 0.29) is 11.3 Å². The fraction of sp³-hybridized carbons (Fsp3) is 0.600. The first-order valence-electron chi connectivity index (χ1n) is 6.85. The van der Waals surface area contributed by atoms with E-state index in [2.05, 4.69) is 42.8 Å². The Hall–Kier alpha value is -1.58. The van der Waals surface area contributed by atoms with Gasteiger partial charge >= 0.3 is 0 Å². The van der Waals surface area contributed by atoms with Crippen LogP contribution in [0.5, 0.6) is 0 Å². The van der Waals surface area contributed by atoms with Gasteiger partial charge in [-0.2, -0.15) is 0 Å². The number of carbonyl (C=O) groups excluding carboxylic acids is 1. The standard InChI is InChI=1S/C15H23N3O/c1-12(19)17-7-9-18(10-8-17)13-5-6-14(16-11-13)15(2,3)4/h5-6,11H,7-10H2,1-4H3. The molecule has 0 saturated carbocycles. The Balaban J connectivity index is 2.02. The van der Waals surface area contributed by atoms with Crippen molar-refractivity contribution in [3.05, 3.63) is 24.0 Å². The van der Waals surface area contributed by atoms with Gasteiger partial charge in [0, 0.05) is 44.2 Å². The van der Waals surface area contributed by atoms with Gasteiger partial charge in [0.1, 0.15) is 0 Å². The van der Waals surface area contributed by atoms with Crippen LogP contribution in [-0.4, -0.2) is 42.0 Å². The predicted octanol–water partition coefficient (Wildman–Crippen LogP) is 2.05. The maximum absolute atomic E-state index is 11.3. The summed E-state index contributed by atoms with van der Waals surface area (Å²) in [7, 11) is 0. The monoisotopic (exact) mass is 261 g/mol. The quantitative estimate of drug-likeness (QED) is 0.776. The largest absolute Gasteiger partial charge is 0.367 e. The molecule has 1 aromatic rings. The normalized spacial score (nSPS) is 16.6. The number of aromatic nitrogens is 1. The smallest absolute Gasteiger partial charge is 0.219 e. The molecule has 1 fully saturated rings. The van der Waals surface area contributed by atoms with E-state index in [4.69, 9.17) is 0 Å². The molecule has 104 valence electrons. The number of hydrogen-bond acceptors (Lipinski definition) is 3. The molecule has 4 nitrogen and oxygen atoms in total. The molecule has 19 heavy (non-hydrogen) atoms. The van der Waals surface area contributed by atoms with Crippen molar-refractivity contribution in [1.82, 2.24) is 9.88 Å². The summed E-state index contributed by atoms with van der Waals surface area (Å²) in [5, 5.41) is 0. The van der Waals surface area contributed by atoms with Gasteiger partial charge in [0.15, 0.2) is 0 Å². The molecule has 1 aromatic heterocycles. The number of pyridine rings is 1. The SMILES string of the molecule is CC(=O)N1CCN(c2ccc(C(C)(C)C)nc2)CC1. The number of nitrogens with zero attached hydrogens (tertiary/aromatic N) is 3. The van der Waals surface area contributed by atoms with Gasteiger partial charge < -0.3 is 9.80 Å². The van der Waals surface area contributed by atoms with Gasteiger partial charge in [-0.25, -0.2) is 0 Å². The van der Waals surface area contributed by atoms with Crippen LogP contribution in [0.25, 0.3) is 0 Å². The summed E-state index contributed by atoms with van der Waals surface area (Å²) in [5.74, 6) is 0.167. The summed E-state index contributed by atoms with van der Waals surface area (Å²) in [6, 6.07) is 4.24. The van der Waals surface area contributed by atoms with Crippen molar-refractivity contribution in [2.45, 2.75) is 33.1 Å². The molecular weight excluding hydrogens is 238 g/mol. The molecule has 2 rings (SSSR count). The lowest BCUT2D eigenvalue weighted by atomic mass is 9.92. The van der Waals surface area contributed by atoms with E-state index >= 15 is 0 Å². The summed E-state index contributed by atoms with van der Waals surface area (Å²) in [5.41, 5.74) is 2.35. The average Bonchev–Trinajstić information content (AvgIpc) is 2.38. The van der Waals surface area contributed by atoms with Gasteiger partial charge in [-0.3, -0.25) is 9.78 Å². The van der Waals surface area contributed by atoms with E-state index in [1.54, 1.807) is 6.92 Å². The van der Waals surface area contributed by atoms with Gasteiger partial charge in [-0.15, -0.1) is 0 Å². The van der Waals surface area contributed by atoms with Crippen molar-refractivity contribution in [3.63, 3.8) is 0 Å². The molecule has 0 spiro atoms. The number of piperazine rings is 1. The zero-order valence-electron chi connectivity index (χ0n) is 12.3. The van der Waals surface area contributed by atoms with Gasteiger partial charge in [0.05, 0.1) is 11.9 Å². The molecule has 1 saturated heterocycles. The number of rotatable bonds is 1. The zero-order chi connectivity index (χ0) is 14.0. The Morgan fingerprint density at radius 2 is 1.79 bits per heavy atom. The van der Waals surface area contributed by atoms with Gasteiger partial charge in [-0.1, -0.05) is 20.8 Å². The summed E-state index contributed by atoms with van der Waals surface area (Å²) in [6.07, 6.45) is 1.95. The molecule has 0 bridgehead atoms. The van der Waals surface area contributed by atoms with Gasteiger partial charge in [0.25, 0.3) is 0 Å². The van der Waals surface area contributed by atoms with E-state index in [9.17, 15) is 4.79 Å². The van der Waals surface area contributed by atoms with Crippen LogP contribution in [0.1, 0.15) is 33.4 Å². The van der Waals surface area contributed by atoms with Crippen LogP contribution in [0, 0.1) is 0 Å². The highest BCUT2D eigenvalue weighted by Crippen LogP contribution is 2.22. The molecule has 0 aromatic carbocycles. The lowest BCUT2D eigenvalue weighted by molar-refractivity contribution is -0.129. The highest BCUT2D eigenvalue weighted by Gasteiger charge is 2.20. The second-order valence-corrected chi connectivity index (χ2v) is 6.14. The Kier molecular flexibility index (Phi) is 3.78. The maximum atomic E-state index is 11.3. The number of carbonyl (C=O) groups is 1. The Morgan fingerprint density at radius 3 is 2.21 bits per heavy atom. The predicted molar refractivity (Wildman–Crippen MR) is 77.4 cm³/mol. The van der Waals surface area contributed by atoms with Crippen LogP contribution in [0.4, 0.5) is 5.69 Å². The van der Waals surface area contributed by atoms with Gasteiger partial charge in [0.2, 0.25) is 5.91 Å². The minimum Gasteiger partial charge on any atom is -0.367 e. The van der Waals surface area contributed by atoms with Crippen molar-refractivity contribution in [3.8, 4) is 0 Å². The van der Waals surface area contributed by atoms with Crippen LogP contribution in [-0.2, 0) is 10.2 Å². The molecule has 1 aliphatic heterocycles. The van der Waals surface area contributed by atoms with E-state index < -0.39 is 0 Å². The second kappa shape index (κ2) is 5.19. The molecule has 0 atom stereocenters. The van der Waals surface area contributed by atoms with Crippen molar-refractivity contribution >= 4 is 11.6 Å². The first-order valence-corrected chi connectivity index (χ1v) is 6.85. The van der Waals surface area contributed by atoms with E-state index in [0.717, 1.165) is 37.6 Å². The molecular formula is C15H23N3O. The molecule has 0 radical (unpaired) electrons. The molecule has 1 aliphatic rings. The highest BCUT2D eigenvalue weighted by molar-refractivity contribution is 5.73. The van der Waals surface area contributed by atoms with Crippen LogP contribution < -0.4 is 4.90 Å². The summed E-state index contributed by atoms with van der Waals surface area (Å²) >= 11 is 0. The lowest BCUT2D eigenvalue weighted by Crippen LogP contribution is -2.48. The fourth-order valence-electron chi connectivity index (χ4n) is 2.30. The summed E-state index contributed by atoms with van der Waals surface area (Å²) in [4.78, 5) is 20.0. The molecule has 0 unspecified atom stereocenters. The number of anilines is 1. The summed E-state index contributed by atoms with van der Waals surface area (Å²) in [6.45, 7) is 11.5. The number of hydrogen-bond donors (Lipinski definition) is 0. The zero-order valence-corrected chi connectivity index (χ0v) is 12.3. The minimum absolute atomic E-state index is 0.0891. The van der Waals surface area contributed by atoms with Crippen LogP contribution >= 0.6 is 0 Å². The molecule has 1 amide bonds. The van der Waals surface area contributed by atoms with Crippen LogP contribution in [0.3, 0.4) is 0 Å².